The molecule has 16 heavy (non-hydrogen) atoms. The molecular formula is C11H24O4Si. The van der Waals surface area contributed by atoms with Crippen LogP contribution in [0.15, 0.2) is 12.2 Å². The van der Waals surface area contributed by atoms with E-state index in [0.29, 0.717) is 12.7 Å². The van der Waals surface area contributed by atoms with Gasteiger partial charge in [0.05, 0.1) is 12.7 Å². The molecule has 0 N–H and O–H groups in total. The van der Waals surface area contributed by atoms with Crippen LogP contribution in [0.5, 0.6) is 0 Å². The molecule has 0 aromatic carbocycles. The highest BCUT2D eigenvalue weighted by Gasteiger charge is 2.40. The van der Waals surface area contributed by atoms with Crippen molar-refractivity contribution in [1.29, 1.82) is 0 Å². The van der Waals surface area contributed by atoms with Crippen LogP contribution >= 0.6 is 0 Å². The molecule has 0 heterocycles. The molecule has 0 amide bonds. The highest BCUT2D eigenvalue weighted by atomic mass is 28.4. The monoisotopic (exact) mass is 248 g/mol. The van der Waals surface area contributed by atoms with Crippen LogP contribution in [0.4, 0.5) is 0 Å². The van der Waals surface area contributed by atoms with Crippen molar-refractivity contribution >= 4 is 8.80 Å². The van der Waals surface area contributed by atoms with E-state index in [-0.39, 0.29) is 6.10 Å². The molecule has 0 spiro atoms. The van der Waals surface area contributed by atoms with E-state index in [1.807, 2.05) is 6.92 Å². The summed E-state index contributed by atoms with van der Waals surface area (Å²) in [5, 5.41) is 0. The molecule has 0 aliphatic heterocycles. The molecule has 0 aromatic rings. The van der Waals surface area contributed by atoms with Crippen LogP contribution in [0.25, 0.3) is 0 Å². The Morgan fingerprint density at radius 1 is 1.19 bits per heavy atom. The van der Waals surface area contributed by atoms with Gasteiger partial charge in [-0.3, -0.25) is 0 Å². The van der Waals surface area contributed by atoms with Gasteiger partial charge in [-0.2, -0.15) is 0 Å². The van der Waals surface area contributed by atoms with E-state index >= 15 is 0 Å². The lowest BCUT2D eigenvalue weighted by Crippen LogP contribution is -2.46. The summed E-state index contributed by atoms with van der Waals surface area (Å²) in [6.45, 7) is 8.40. The van der Waals surface area contributed by atoms with Crippen molar-refractivity contribution in [2.45, 2.75) is 32.4 Å². The Hall–Kier alpha value is -0.203. The van der Waals surface area contributed by atoms with Crippen molar-refractivity contribution in [2.75, 3.05) is 27.9 Å². The summed E-state index contributed by atoms with van der Waals surface area (Å²) < 4.78 is 21.8. The largest absolute Gasteiger partial charge is 0.502 e. The summed E-state index contributed by atoms with van der Waals surface area (Å²) in [5.41, 5.74) is 1.01. The molecule has 1 unspecified atom stereocenters. The molecule has 0 aliphatic rings. The van der Waals surface area contributed by atoms with Gasteiger partial charge < -0.3 is 18.0 Å². The summed E-state index contributed by atoms with van der Waals surface area (Å²) in [4.78, 5) is 0. The van der Waals surface area contributed by atoms with Gasteiger partial charge in [-0.05, 0) is 13.3 Å². The molecule has 0 aromatic heterocycles. The molecule has 4 nitrogen and oxygen atoms in total. The van der Waals surface area contributed by atoms with Gasteiger partial charge in [0.1, 0.15) is 0 Å². The van der Waals surface area contributed by atoms with Gasteiger partial charge in [0, 0.05) is 27.4 Å². The molecule has 0 fully saturated rings. The molecule has 0 rings (SSSR count). The van der Waals surface area contributed by atoms with Crippen molar-refractivity contribution in [3.63, 3.8) is 0 Å². The lowest BCUT2D eigenvalue weighted by Gasteiger charge is -2.28. The van der Waals surface area contributed by atoms with Gasteiger partial charge in [-0.1, -0.05) is 19.1 Å². The minimum absolute atomic E-state index is 0.0863. The standard InChI is InChI=1S/C11H24O4Si/c1-7-11(15-8-10(2)3)9-16(12-4,13-5)14-6/h11H,2,7-9H2,1,3-6H3. The third kappa shape index (κ3) is 5.22. The van der Waals surface area contributed by atoms with E-state index < -0.39 is 8.80 Å². The molecule has 5 heteroatoms. The molecular weight excluding hydrogens is 224 g/mol. The molecule has 0 saturated carbocycles. The first kappa shape index (κ1) is 15.8. The van der Waals surface area contributed by atoms with Gasteiger partial charge in [0.2, 0.25) is 0 Å². The summed E-state index contributed by atoms with van der Waals surface area (Å²) >= 11 is 0. The van der Waals surface area contributed by atoms with Crippen LogP contribution < -0.4 is 0 Å². The minimum atomic E-state index is -2.53. The number of hydrogen-bond acceptors (Lipinski definition) is 4. The second kappa shape index (κ2) is 7.97. The third-order valence-electron chi connectivity index (χ3n) is 2.43. The van der Waals surface area contributed by atoms with Crippen molar-refractivity contribution in [2.24, 2.45) is 0 Å². The Labute approximate surface area is 99.9 Å². The van der Waals surface area contributed by atoms with Crippen LogP contribution in [0.2, 0.25) is 6.04 Å². The van der Waals surface area contributed by atoms with Crippen LogP contribution in [0, 0.1) is 0 Å². The van der Waals surface area contributed by atoms with Gasteiger partial charge in [-0.25, -0.2) is 0 Å². The van der Waals surface area contributed by atoms with Crippen molar-refractivity contribution in [3.05, 3.63) is 12.2 Å². The van der Waals surface area contributed by atoms with E-state index in [1.165, 1.54) is 0 Å². The Bertz CT molecular complexity index is 196. The highest BCUT2D eigenvalue weighted by Crippen LogP contribution is 2.19. The summed E-state index contributed by atoms with van der Waals surface area (Å²) in [5.74, 6) is 0. The first-order valence-electron chi connectivity index (χ1n) is 5.45. The number of ether oxygens (including phenoxy) is 1. The van der Waals surface area contributed by atoms with Crippen molar-refractivity contribution in [1.82, 2.24) is 0 Å². The Morgan fingerprint density at radius 3 is 2.00 bits per heavy atom. The Balaban J connectivity index is 4.31. The number of hydrogen-bond donors (Lipinski definition) is 0. The maximum atomic E-state index is 5.71. The van der Waals surface area contributed by atoms with Gasteiger partial charge in [0.15, 0.2) is 0 Å². The predicted octanol–water partition coefficient (Wildman–Crippen LogP) is 2.24. The quantitative estimate of drug-likeness (QED) is 0.463. The fourth-order valence-electron chi connectivity index (χ4n) is 1.36. The molecule has 1 atom stereocenters. The Morgan fingerprint density at radius 2 is 1.69 bits per heavy atom. The van der Waals surface area contributed by atoms with Crippen LogP contribution in [0.3, 0.4) is 0 Å². The van der Waals surface area contributed by atoms with E-state index in [9.17, 15) is 0 Å². The third-order valence-corrected chi connectivity index (χ3v) is 5.25. The predicted molar refractivity (Wildman–Crippen MR) is 66.4 cm³/mol. The fourth-order valence-corrected chi connectivity index (χ4v) is 3.32. The fraction of sp³-hybridized carbons (Fsp3) is 0.818. The zero-order valence-electron chi connectivity index (χ0n) is 11.0. The van der Waals surface area contributed by atoms with Crippen LogP contribution in [-0.4, -0.2) is 42.8 Å². The maximum absolute atomic E-state index is 5.71. The lowest BCUT2D eigenvalue weighted by atomic mass is 10.3. The van der Waals surface area contributed by atoms with Crippen molar-refractivity contribution in [3.8, 4) is 0 Å². The Kier molecular flexibility index (Phi) is 7.87. The van der Waals surface area contributed by atoms with Crippen LogP contribution in [0.1, 0.15) is 20.3 Å². The molecule has 96 valence electrons. The van der Waals surface area contributed by atoms with Crippen molar-refractivity contribution < 1.29 is 18.0 Å². The number of rotatable bonds is 9. The average molecular weight is 248 g/mol. The highest BCUT2D eigenvalue weighted by molar-refractivity contribution is 6.60. The molecule has 0 aliphatic carbocycles. The second-order valence-corrected chi connectivity index (χ2v) is 6.80. The second-order valence-electron chi connectivity index (χ2n) is 3.80. The van der Waals surface area contributed by atoms with Gasteiger partial charge in [0.25, 0.3) is 0 Å². The average Bonchev–Trinajstić information content (AvgIpc) is 2.30. The summed E-state index contributed by atoms with van der Waals surface area (Å²) in [6, 6.07) is 0.667. The topological polar surface area (TPSA) is 36.9 Å². The SMILES string of the molecule is C=C(C)COC(CC)C[Si](OC)(OC)OC. The first-order chi connectivity index (χ1) is 7.53. The maximum Gasteiger partial charge on any atom is 0.502 e. The first-order valence-corrected chi connectivity index (χ1v) is 7.38. The molecule has 0 radical (unpaired) electrons. The summed E-state index contributed by atoms with van der Waals surface area (Å²) in [7, 11) is 2.32. The summed E-state index contributed by atoms with van der Waals surface area (Å²) in [6.07, 6.45) is 0.987. The lowest BCUT2D eigenvalue weighted by molar-refractivity contribution is 0.0515. The zero-order chi connectivity index (χ0) is 12.6. The van der Waals surface area contributed by atoms with Gasteiger partial charge >= 0.3 is 8.80 Å². The molecule has 0 saturated heterocycles. The van der Waals surface area contributed by atoms with E-state index in [0.717, 1.165) is 12.0 Å². The van der Waals surface area contributed by atoms with E-state index in [1.54, 1.807) is 21.3 Å². The van der Waals surface area contributed by atoms with Gasteiger partial charge in [-0.15, -0.1) is 0 Å². The molecule has 0 bridgehead atoms. The van der Waals surface area contributed by atoms with Crippen LogP contribution in [-0.2, 0) is 18.0 Å². The minimum Gasteiger partial charge on any atom is -0.377 e. The van der Waals surface area contributed by atoms with E-state index in [2.05, 4.69) is 13.5 Å². The normalized spacial score (nSPS) is 13.8. The van der Waals surface area contributed by atoms with E-state index in [4.69, 9.17) is 18.0 Å². The smallest absolute Gasteiger partial charge is 0.377 e. The zero-order valence-corrected chi connectivity index (χ0v) is 12.0.